The number of halogens is 6. The molecule has 2 atom stereocenters. The highest BCUT2D eigenvalue weighted by Gasteiger charge is 2.41. The first-order valence-corrected chi connectivity index (χ1v) is 14.6. The van der Waals surface area contributed by atoms with Crippen LogP contribution in [0.3, 0.4) is 0 Å². The molecule has 232 valence electrons. The molecule has 5 rings (SSSR count). The van der Waals surface area contributed by atoms with Crippen molar-refractivity contribution in [1.29, 1.82) is 0 Å². The molecule has 0 aromatic heterocycles. The van der Waals surface area contributed by atoms with E-state index < -0.39 is 63.6 Å². The van der Waals surface area contributed by atoms with Crippen molar-refractivity contribution >= 4 is 21.4 Å². The maximum absolute atomic E-state index is 14.3. The average Bonchev–Trinajstić information content (AvgIpc) is 2.95. The van der Waals surface area contributed by atoms with E-state index in [-0.39, 0.29) is 36.4 Å². The number of fused-ring (bicyclic) bond motifs is 3. The summed E-state index contributed by atoms with van der Waals surface area (Å²) < 4.78 is 114. The molecule has 15 heteroatoms. The summed E-state index contributed by atoms with van der Waals surface area (Å²) in [6.07, 6.45) is -5.80. The normalized spacial score (nSPS) is 18.4. The number of β-amino-alcohol motifs (C(OH)–C–C–N with tert-alkyl or cyclic N) is 1. The van der Waals surface area contributed by atoms with E-state index in [9.17, 15) is 45.0 Å². The van der Waals surface area contributed by atoms with Gasteiger partial charge in [0.05, 0.1) is 47.1 Å². The molecule has 0 saturated carbocycles. The first-order valence-electron chi connectivity index (χ1n) is 13.1. The van der Waals surface area contributed by atoms with Gasteiger partial charge < -0.3 is 19.8 Å². The minimum atomic E-state index is -4.79. The fourth-order valence-corrected chi connectivity index (χ4v) is 6.99. The van der Waals surface area contributed by atoms with Crippen LogP contribution in [0.15, 0.2) is 65.6 Å². The topological polar surface area (TPSA) is 93.6 Å². The first kappa shape index (κ1) is 30.9. The van der Waals surface area contributed by atoms with Crippen molar-refractivity contribution < 1.29 is 49.7 Å². The Balaban J connectivity index is 1.60. The highest BCUT2D eigenvalue weighted by molar-refractivity contribution is 7.92. The summed E-state index contributed by atoms with van der Waals surface area (Å²) in [5.74, 6) is -1.32. The lowest BCUT2D eigenvalue weighted by molar-refractivity contribution is -0.137. The van der Waals surface area contributed by atoms with Crippen molar-refractivity contribution in [2.45, 2.75) is 29.8 Å². The standard InChI is InChI=1S/C28H27F6N3O5S/c29-20-8-18(9-23(12-20)42-27(30)31)17-4-5-25-26(10-17)37(14-21-13-35(6-7-36(21)25)15-22(39)16-38)43(40,41)24-3-1-2-19(11-24)28(32,33)34/h1-5,8-12,21-22,27,38-39H,6-7,13-16H2/t21-,22?/m0/s1. The third-order valence-corrected chi connectivity index (χ3v) is 9.13. The summed E-state index contributed by atoms with van der Waals surface area (Å²) in [7, 11) is -4.58. The van der Waals surface area contributed by atoms with Gasteiger partial charge in [-0.2, -0.15) is 22.0 Å². The molecule has 1 fully saturated rings. The predicted molar refractivity (Wildman–Crippen MR) is 145 cm³/mol. The number of aliphatic hydroxyl groups is 2. The lowest BCUT2D eigenvalue weighted by Crippen LogP contribution is -2.61. The maximum Gasteiger partial charge on any atom is 0.416 e. The Hall–Kier alpha value is -3.53. The van der Waals surface area contributed by atoms with Crippen LogP contribution in [-0.2, 0) is 16.2 Å². The van der Waals surface area contributed by atoms with Crippen molar-refractivity contribution in [2.75, 3.05) is 48.5 Å². The van der Waals surface area contributed by atoms with Gasteiger partial charge in [0.15, 0.2) is 0 Å². The quantitative estimate of drug-likeness (QED) is 0.361. The molecule has 0 aliphatic carbocycles. The van der Waals surface area contributed by atoms with Crippen molar-refractivity contribution in [2.24, 2.45) is 0 Å². The van der Waals surface area contributed by atoms with Crippen LogP contribution in [0.1, 0.15) is 5.56 Å². The van der Waals surface area contributed by atoms with Gasteiger partial charge in [-0.25, -0.2) is 12.8 Å². The minimum Gasteiger partial charge on any atom is -0.435 e. The van der Waals surface area contributed by atoms with E-state index in [2.05, 4.69) is 4.74 Å². The number of sulfonamides is 1. The number of rotatable bonds is 8. The van der Waals surface area contributed by atoms with Crippen LogP contribution in [0.5, 0.6) is 5.75 Å². The molecule has 0 spiro atoms. The molecule has 43 heavy (non-hydrogen) atoms. The van der Waals surface area contributed by atoms with E-state index in [0.717, 1.165) is 34.6 Å². The van der Waals surface area contributed by atoms with Gasteiger partial charge >= 0.3 is 12.8 Å². The second-order valence-electron chi connectivity index (χ2n) is 10.3. The van der Waals surface area contributed by atoms with Crippen molar-refractivity contribution in [3.63, 3.8) is 0 Å². The summed E-state index contributed by atoms with van der Waals surface area (Å²) in [6.45, 7) is -2.56. The zero-order valence-corrected chi connectivity index (χ0v) is 23.2. The molecule has 2 aliphatic rings. The van der Waals surface area contributed by atoms with Gasteiger partial charge in [-0.15, -0.1) is 0 Å². The Morgan fingerprint density at radius 3 is 2.42 bits per heavy atom. The Labute approximate surface area is 243 Å². The Bertz CT molecular complexity index is 1590. The van der Waals surface area contributed by atoms with Crippen LogP contribution in [0.4, 0.5) is 37.7 Å². The second kappa shape index (κ2) is 11.9. The first-order chi connectivity index (χ1) is 20.3. The van der Waals surface area contributed by atoms with Gasteiger partial charge in [0.2, 0.25) is 0 Å². The summed E-state index contributed by atoms with van der Waals surface area (Å²) in [5.41, 5.74) is -0.229. The van der Waals surface area contributed by atoms with Crippen LogP contribution < -0.4 is 13.9 Å². The summed E-state index contributed by atoms with van der Waals surface area (Å²) in [6, 6.07) is 10.5. The third-order valence-electron chi connectivity index (χ3n) is 7.36. The zero-order chi connectivity index (χ0) is 31.1. The molecule has 0 bridgehead atoms. The van der Waals surface area contributed by atoms with Gasteiger partial charge in [0, 0.05) is 32.2 Å². The van der Waals surface area contributed by atoms with Crippen molar-refractivity contribution in [3.8, 4) is 16.9 Å². The van der Waals surface area contributed by atoms with Gasteiger partial charge in [0.1, 0.15) is 11.6 Å². The van der Waals surface area contributed by atoms with Crippen LogP contribution in [0.2, 0.25) is 0 Å². The van der Waals surface area contributed by atoms with E-state index in [1.807, 2.05) is 9.80 Å². The van der Waals surface area contributed by atoms with E-state index in [4.69, 9.17) is 0 Å². The summed E-state index contributed by atoms with van der Waals surface area (Å²) in [5, 5.41) is 19.2. The Kier molecular flexibility index (Phi) is 8.53. The second-order valence-corrected chi connectivity index (χ2v) is 12.1. The molecule has 2 N–H and O–H groups in total. The molecule has 0 amide bonds. The van der Waals surface area contributed by atoms with E-state index >= 15 is 0 Å². The number of benzene rings is 3. The van der Waals surface area contributed by atoms with Crippen molar-refractivity contribution in [1.82, 2.24) is 4.90 Å². The number of aliphatic hydroxyl groups excluding tert-OH is 2. The highest BCUT2D eigenvalue weighted by Crippen LogP contribution is 2.43. The summed E-state index contributed by atoms with van der Waals surface area (Å²) >= 11 is 0. The van der Waals surface area contributed by atoms with Gasteiger partial charge in [-0.1, -0.05) is 12.1 Å². The molecule has 8 nitrogen and oxygen atoms in total. The molecule has 1 saturated heterocycles. The smallest absolute Gasteiger partial charge is 0.416 e. The fraction of sp³-hybridized carbons (Fsp3) is 0.357. The van der Waals surface area contributed by atoms with Crippen molar-refractivity contribution in [3.05, 3.63) is 72.0 Å². The number of alkyl halides is 5. The molecule has 2 aliphatic heterocycles. The predicted octanol–water partition coefficient (Wildman–Crippen LogP) is 4.17. The number of hydrogen-bond donors (Lipinski definition) is 2. The highest BCUT2D eigenvalue weighted by atomic mass is 32.2. The van der Waals surface area contributed by atoms with E-state index in [0.29, 0.717) is 24.8 Å². The molecule has 3 aromatic rings. The van der Waals surface area contributed by atoms with Crippen LogP contribution >= 0.6 is 0 Å². The zero-order valence-electron chi connectivity index (χ0n) is 22.4. The van der Waals surface area contributed by atoms with Gasteiger partial charge in [-0.05, 0) is 53.6 Å². The van der Waals surface area contributed by atoms with E-state index in [1.54, 1.807) is 12.1 Å². The number of ether oxygens (including phenoxy) is 1. The minimum absolute atomic E-state index is 0.107. The Morgan fingerprint density at radius 1 is 0.953 bits per heavy atom. The summed E-state index contributed by atoms with van der Waals surface area (Å²) in [4.78, 5) is 3.21. The molecule has 3 aromatic carbocycles. The SMILES string of the molecule is O=S(=O)(c1cccc(C(F)(F)F)c1)N1C[C@@H]2CN(CC(O)CO)CCN2c2ccc(-c3cc(F)cc(OC(F)F)c3)cc21. The third kappa shape index (κ3) is 6.54. The van der Waals surface area contributed by atoms with Crippen LogP contribution in [0.25, 0.3) is 11.1 Å². The molecule has 1 unspecified atom stereocenters. The van der Waals surface area contributed by atoms with Crippen LogP contribution in [0, 0.1) is 5.82 Å². The maximum atomic E-state index is 14.3. The number of hydrogen-bond acceptors (Lipinski definition) is 7. The lowest BCUT2D eigenvalue weighted by Gasteiger charge is -2.49. The van der Waals surface area contributed by atoms with Crippen LogP contribution in [-0.4, -0.2) is 81.6 Å². The van der Waals surface area contributed by atoms with Gasteiger partial charge in [-0.3, -0.25) is 9.21 Å². The average molecular weight is 632 g/mol. The molecular formula is C28H27F6N3O5S. The monoisotopic (exact) mass is 631 g/mol. The lowest BCUT2D eigenvalue weighted by atomic mass is 10.00. The number of piperazine rings is 1. The van der Waals surface area contributed by atoms with E-state index in [1.165, 1.54) is 12.1 Å². The molecule has 2 heterocycles. The molecule has 0 radical (unpaired) electrons. The Morgan fingerprint density at radius 2 is 1.72 bits per heavy atom. The largest absolute Gasteiger partial charge is 0.435 e. The fourth-order valence-electron chi connectivity index (χ4n) is 5.44. The number of nitrogens with zero attached hydrogens (tertiary/aromatic N) is 3. The number of anilines is 2. The molecular weight excluding hydrogens is 604 g/mol. The van der Waals surface area contributed by atoms with Gasteiger partial charge in [0.25, 0.3) is 10.0 Å².